The smallest absolute Gasteiger partial charge is 0.388 e. The molecule has 2 aliphatic heterocycles. The highest BCUT2D eigenvalue weighted by molar-refractivity contribution is 7.71. The number of hydrogen-bond acceptors (Lipinski definition) is 12. The van der Waals surface area contributed by atoms with Crippen LogP contribution in [0.15, 0.2) is 12.3 Å². The number of anilines is 1. The molecule has 4 unspecified atom stereocenters. The Morgan fingerprint density at radius 1 is 1.30 bits per heavy atom. The Hall–Kier alpha value is -0.610. The van der Waals surface area contributed by atoms with Gasteiger partial charge in [-0.1, -0.05) is 0 Å². The molecule has 0 saturated carbocycles. The minimum Gasteiger partial charge on any atom is -0.388 e. The monoisotopic (exact) mass is 510 g/mol. The van der Waals surface area contributed by atoms with Gasteiger partial charge in [-0.25, -0.2) is 18.7 Å². The van der Waals surface area contributed by atoms with Crippen molar-refractivity contribution in [2.45, 2.75) is 24.0 Å². The van der Waals surface area contributed by atoms with E-state index in [-0.39, 0.29) is 10.6 Å². The lowest BCUT2D eigenvalue weighted by molar-refractivity contribution is -0.0454. The van der Waals surface area contributed by atoms with E-state index in [2.05, 4.69) is 23.4 Å². The molecule has 0 aliphatic carbocycles. The van der Waals surface area contributed by atoms with Crippen LogP contribution in [0.1, 0.15) is 6.23 Å². The maximum absolute atomic E-state index is 11.8. The van der Waals surface area contributed by atoms with Crippen LogP contribution in [0.4, 0.5) is 5.82 Å². The van der Waals surface area contributed by atoms with Gasteiger partial charge in [-0.2, -0.15) is 8.62 Å². The molecule has 20 heteroatoms. The Labute approximate surface area is 173 Å². The molecule has 6 atom stereocenters. The summed E-state index contributed by atoms with van der Waals surface area (Å²) in [6.45, 7) is -0.503. The Kier molecular flexibility index (Phi) is 6.46. The molecule has 1 aromatic rings. The van der Waals surface area contributed by atoms with Gasteiger partial charge in [0, 0.05) is 12.7 Å². The summed E-state index contributed by atoms with van der Waals surface area (Å²) in [4.78, 5) is 39.6. The van der Waals surface area contributed by atoms with Crippen molar-refractivity contribution in [2.24, 2.45) is 0 Å². The third-order valence-corrected chi connectivity index (χ3v) is 8.24. The minimum absolute atomic E-state index is 0.0498. The number of phosphoric ester groups is 1. The molecule has 3 rings (SSSR count). The summed E-state index contributed by atoms with van der Waals surface area (Å²) >= 11 is 5.12. The van der Waals surface area contributed by atoms with Crippen molar-refractivity contribution in [3.8, 4) is 0 Å². The van der Waals surface area contributed by atoms with E-state index < -0.39 is 54.0 Å². The number of aromatic nitrogens is 2. The number of nitrogens with two attached hydrogens (primary N) is 1. The predicted molar refractivity (Wildman–Crippen MR) is 97.9 cm³/mol. The van der Waals surface area contributed by atoms with Crippen LogP contribution in [0.5, 0.6) is 0 Å². The predicted octanol–water partition coefficient (Wildman–Crippen LogP) is -0.862. The summed E-state index contributed by atoms with van der Waals surface area (Å²) < 4.78 is 52.7. The van der Waals surface area contributed by atoms with Gasteiger partial charge >= 0.3 is 23.5 Å². The van der Waals surface area contributed by atoms with Gasteiger partial charge in [0.05, 0.1) is 6.61 Å². The summed E-state index contributed by atoms with van der Waals surface area (Å²) in [7, 11) is -16.5. The summed E-state index contributed by atoms with van der Waals surface area (Å²) in [5.74, 6) is 0.164. The summed E-state index contributed by atoms with van der Waals surface area (Å²) in [6.07, 6.45) is -1.90. The average Bonchev–Trinajstić information content (AvgIpc) is 3.28. The zero-order valence-corrected chi connectivity index (χ0v) is 18.1. The maximum Gasteiger partial charge on any atom is 0.490 e. The highest BCUT2D eigenvalue weighted by Crippen LogP contribution is 2.66. The highest BCUT2D eigenvalue weighted by Gasteiger charge is 2.64. The first-order valence-electron chi connectivity index (χ1n) is 7.86. The van der Waals surface area contributed by atoms with E-state index in [1.54, 1.807) is 0 Å². The van der Waals surface area contributed by atoms with E-state index in [1.807, 2.05) is 0 Å². The molecule has 0 radical (unpaired) electrons. The highest BCUT2D eigenvalue weighted by atomic mass is 32.1. The lowest BCUT2D eigenvalue weighted by Crippen LogP contribution is -2.39. The van der Waals surface area contributed by atoms with Crippen molar-refractivity contribution in [1.82, 2.24) is 14.9 Å². The van der Waals surface area contributed by atoms with E-state index in [0.29, 0.717) is 6.54 Å². The van der Waals surface area contributed by atoms with Crippen LogP contribution in [0.2, 0.25) is 0 Å². The molecule has 3 heterocycles. The van der Waals surface area contributed by atoms with Gasteiger partial charge in [-0.3, -0.25) is 9.09 Å². The molecule has 8 N–H and O–H groups in total. The number of nitrogens with zero attached hydrogens (tertiary/aromatic N) is 2. The molecule has 2 aliphatic rings. The second-order valence-corrected chi connectivity index (χ2v) is 11.1. The van der Waals surface area contributed by atoms with Gasteiger partial charge in [0.15, 0.2) is 6.23 Å². The molecule has 1 aromatic heterocycles. The zero-order chi connectivity index (χ0) is 22.5. The number of rotatable bonds is 8. The second-order valence-electron chi connectivity index (χ2n) is 6.29. The second kappa shape index (κ2) is 8.06. The largest absolute Gasteiger partial charge is 0.490 e. The first-order valence-corrected chi connectivity index (χ1v) is 12.8. The molecule has 2 saturated heterocycles. The lowest BCUT2D eigenvalue weighted by atomic mass is 10.00. The van der Waals surface area contributed by atoms with Crippen molar-refractivity contribution in [2.75, 3.05) is 18.9 Å². The van der Waals surface area contributed by atoms with Crippen molar-refractivity contribution < 1.29 is 56.3 Å². The Morgan fingerprint density at radius 2 is 1.93 bits per heavy atom. The molecule has 2 fully saturated rings. The van der Waals surface area contributed by atoms with Crippen molar-refractivity contribution >= 4 is 41.5 Å². The lowest BCUT2D eigenvalue weighted by Gasteiger charge is -2.20. The Balaban J connectivity index is 1.69. The summed E-state index contributed by atoms with van der Waals surface area (Å²) in [6, 6.07) is 1.45. The Morgan fingerprint density at radius 3 is 2.47 bits per heavy atom. The van der Waals surface area contributed by atoms with Crippen LogP contribution in [-0.2, 0) is 31.6 Å². The molecular formula is C10H17N4O12P3S. The van der Waals surface area contributed by atoms with Crippen LogP contribution in [0.3, 0.4) is 0 Å². The fourth-order valence-electron chi connectivity index (χ4n) is 2.84. The third kappa shape index (κ3) is 5.41. The molecule has 0 aromatic carbocycles. The van der Waals surface area contributed by atoms with Gasteiger partial charge in [-0.05, 0) is 18.3 Å². The molecule has 0 amide bonds. The number of nitrogens with one attached hydrogen (secondary N) is 1. The molecule has 16 nitrogen and oxygen atoms in total. The zero-order valence-electron chi connectivity index (χ0n) is 14.6. The van der Waals surface area contributed by atoms with Crippen molar-refractivity contribution in [3.63, 3.8) is 0 Å². The fraction of sp³-hybridized carbons (Fsp3) is 0.600. The molecule has 1 spiro atoms. The normalized spacial score (nSPS) is 32.6. The first-order chi connectivity index (χ1) is 13.6. The molecule has 170 valence electrons. The van der Waals surface area contributed by atoms with Gasteiger partial charge in [0.1, 0.15) is 23.6 Å². The fourth-order valence-corrected chi connectivity index (χ4v) is 6.14. The molecule has 30 heavy (non-hydrogen) atoms. The van der Waals surface area contributed by atoms with Crippen molar-refractivity contribution in [1.29, 1.82) is 0 Å². The van der Waals surface area contributed by atoms with Gasteiger partial charge in [0.25, 0.3) is 0 Å². The number of phosphoric acid groups is 3. The van der Waals surface area contributed by atoms with E-state index >= 15 is 0 Å². The first kappa shape index (κ1) is 24.0. The van der Waals surface area contributed by atoms with Gasteiger partial charge in [-0.15, -0.1) is 0 Å². The molecule has 0 bridgehead atoms. The van der Waals surface area contributed by atoms with Crippen LogP contribution in [0.25, 0.3) is 0 Å². The van der Waals surface area contributed by atoms with E-state index in [1.165, 1.54) is 16.8 Å². The quantitative estimate of drug-likeness (QED) is 0.127. The molecular weight excluding hydrogens is 493 g/mol. The van der Waals surface area contributed by atoms with Crippen LogP contribution in [0, 0.1) is 4.77 Å². The standard InChI is InChI=1S/C10H17N4O12P3S/c11-6-1-2-14(9(30)13-6)8-10(4-12-10)7(15)5(24-8)3-23-28(19,20)26-29(21,22)25-27(16,17)18/h1-2,5,7-8,12,15H,3-4H2,(H,19,20)(H,21,22)(H2,11,13,30)(H2,16,17,18)/t5-,7?,8?,10+/m1/s1. The number of hydrogen-bond donors (Lipinski definition) is 7. The van der Waals surface area contributed by atoms with Crippen LogP contribution >= 0.6 is 35.7 Å². The van der Waals surface area contributed by atoms with Crippen LogP contribution < -0.4 is 11.1 Å². The van der Waals surface area contributed by atoms with Gasteiger partial charge < -0.3 is 40.5 Å². The summed E-state index contributed by atoms with van der Waals surface area (Å²) in [5.41, 5.74) is 4.56. The van der Waals surface area contributed by atoms with Crippen molar-refractivity contribution in [3.05, 3.63) is 17.0 Å². The summed E-state index contributed by atoms with van der Waals surface area (Å²) in [5, 5.41) is 13.5. The van der Waals surface area contributed by atoms with E-state index in [4.69, 9.17) is 37.4 Å². The van der Waals surface area contributed by atoms with Crippen LogP contribution in [-0.4, -0.2) is 65.1 Å². The number of aliphatic hydroxyl groups is 1. The number of aliphatic hydroxyl groups excluding tert-OH is 1. The van der Waals surface area contributed by atoms with E-state index in [0.717, 1.165) is 0 Å². The third-order valence-electron chi connectivity index (χ3n) is 4.13. The number of nitrogen functional groups attached to an aromatic ring is 1. The minimum atomic E-state index is -5.65. The van der Waals surface area contributed by atoms with Gasteiger partial charge in [0.2, 0.25) is 4.77 Å². The number of ether oxygens (including phenoxy) is 1. The maximum atomic E-state index is 11.8. The SMILES string of the molecule is Nc1ccn(C2O[C@H](COP(=O)(O)OP(=O)(O)OP(=O)(O)O)C(O)[C@@]23CN3)c(=S)n1. The topological polar surface area (TPSA) is 255 Å². The van der Waals surface area contributed by atoms with E-state index in [9.17, 15) is 23.7 Å². The Bertz CT molecular complexity index is 1030. The average molecular weight is 510 g/mol.